The van der Waals surface area contributed by atoms with Gasteiger partial charge in [0.15, 0.2) is 0 Å². The topological polar surface area (TPSA) is 101 Å². The Bertz CT molecular complexity index is 993. The second kappa shape index (κ2) is 6.56. The summed E-state index contributed by atoms with van der Waals surface area (Å²) >= 11 is 0. The lowest BCUT2D eigenvalue weighted by Crippen LogP contribution is -2.22. The van der Waals surface area contributed by atoms with Crippen LogP contribution in [0.1, 0.15) is 10.4 Å². The number of phenolic OH excluding ortho intramolecular Hbond substituents is 1. The van der Waals surface area contributed by atoms with E-state index in [9.17, 15) is 14.7 Å². The van der Waals surface area contributed by atoms with Crippen molar-refractivity contribution < 1.29 is 19.4 Å². The van der Waals surface area contributed by atoms with Crippen molar-refractivity contribution in [2.75, 3.05) is 19.5 Å². The number of anilines is 1. The average molecular weight is 340 g/mol. The minimum absolute atomic E-state index is 0.0518. The van der Waals surface area contributed by atoms with Crippen molar-refractivity contribution in [1.82, 2.24) is 4.98 Å². The van der Waals surface area contributed by atoms with Gasteiger partial charge in [0.1, 0.15) is 22.8 Å². The number of aromatic hydroxyl groups is 1. The summed E-state index contributed by atoms with van der Waals surface area (Å²) in [4.78, 5) is 28.1. The number of ether oxygens (including phenoxy) is 2. The van der Waals surface area contributed by atoms with Crippen molar-refractivity contribution >= 4 is 22.5 Å². The average Bonchev–Trinajstić information content (AvgIpc) is 2.62. The molecule has 25 heavy (non-hydrogen) atoms. The molecule has 0 atom stereocenters. The number of hydrogen-bond donors (Lipinski definition) is 3. The fourth-order valence-corrected chi connectivity index (χ4v) is 2.48. The van der Waals surface area contributed by atoms with E-state index < -0.39 is 11.3 Å². The summed E-state index contributed by atoms with van der Waals surface area (Å²) in [6, 6.07) is 9.19. The maximum atomic E-state index is 12.8. The van der Waals surface area contributed by atoms with Gasteiger partial charge in [-0.15, -0.1) is 0 Å². The molecular formula is C18H16N2O5. The van der Waals surface area contributed by atoms with Crippen molar-refractivity contribution in [3.63, 3.8) is 0 Å². The molecule has 1 amide bonds. The van der Waals surface area contributed by atoms with Crippen LogP contribution in [0, 0.1) is 0 Å². The van der Waals surface area contributed by atoms with Crippen LogP contribution in [0.25, 0.3) is 10.9 Å². The van der Waals surface area contributed by atoms with Gasteiger partial charge in [-0.05, 0) is 24.3 Å². The third-order valence-corrected chi connectivity index (χ3v) is 3.74. The SMILES string of the molecule is COc1cc(OC)c2c(=O)c(C(=O)Nc3ccc(O)cc3)c[nH]c2c1. The molecule has 0 spiro atoms. The fourth-order valence-electron chi connectivity index (χ4n) is 2.48. The molecule has 7 nitrogen and oxygen atoms in total. The predicted octanol–water partition coefficient (Wildman–Crippen LogP) is 2.50. The Labute approximate surface area is 142 Å². The number of H-pyrrole nitrogens is 1. The summed E-state index contributed by atoms with van der Waals surface area (Å²) in [5, 5.41) is 12.2. The zero-order valence-electron chi connectivity index (χ0n) is 13.6. The minimum Gasteiger partial charge on any atom is -0.508 e. The van der Waals surface area contributed by atoms with E-state index in [1.54, 1.807) is 12.1 Å². The normalized spacial score (nSPS) is 10.5. The number of carbonyl (C=O) groups excluding carboxylic acids is 1. The zero-order valence-corrected chi connectivity index (χ0v) is 13.6. The largest absolute Gasteiger partial charge is 0.508 e. The minimum atomic E-state index is -0.563. The first-order valence-corrected chi connectivity index (χ1v) is 7.41. The molecule has 0 fully saturated rings. The highest BCUT2D eigenvalue weighted by Gasteiger charge is 2.17. The maximum Gasteiger partial charge on any atom is 0.261 e. The highest BCUT2D eigenvalue weighted by molar-refractivity contribution is 6.06. The maximum absolute atomic E-state index is 12.8. The number of phenols is 1. The Hall–Kier alpha value is -3.48. The van der Waals surface area contributed by atoms with Gasteiger partial charge >= 0.3 is 0 Å². The van der Waals surface area contributed by atoms with E-state index in [2.05, 4.69) is 10.3 Å². The molecule has 0 radical (unpaired) electrons. The van der Waals surface area contributed by atoms with E-state index in [4.69, 9.17) is 9.47 Å². The number of hydrogen-bond acceptors (Lipinski definition) is 5. The van der Waals surface area contributed by atoms with Crippen LogP contribution >= 0.6 is 0 Å². The van der Waals surface area contributed by atoms with Crippen LogP contribution in [-0.4, -0.2) is 30.2 Å². The van der Waals surface area contributed by atoms with Crippen LogP contribution in [0.2, 0.25) is 0 Å². The second-order valence-electron chi connectivity index (χ2n) is 5.28. The van der Waals surface area contributed by atoms with E-state index in [1.807, 2.05) is 0 Å². The zero-order chi connectivity index (χ0) is 18.0. The Morgan fingerprint density at radius 2 is 1.84 bits per heavy atom. The van der Waals surface area contributed by atoms with Gasteiger partial charge < -0.3 is 24.9 Å². The lowest BCUT2D eigenvalue weighted by molar-refractivity contribution is 0.102. The number of carbonyl (C=O) groups is 1. The molecule has 0 saturated heterocycles. The molecule has 1 aromatic heterocycles. The van der Waals surface area contributed by atoms with Crippen molar-refractivity contribution in [2.45, 2.75) is 0 Å². The van der Waals surface area contributed by atoms with Gasteiger partial charge in [0.2, 0.25) is 5.43 Å². The van der Waals surface area contributed by atoms with Crippen molar-refractivity contribution in [3.05, 3.63) is 58.4 Å². The van der Waals surface area contributed by atoms with Gasteiger partial charge in [0.05, 0.1) is 25.1 Å². The number of methoxy groups -OCH3 is 2. The molecule has 0 aliphatic rings. The quantitative estimate of drug-likeness (QED) is 0.634. The number of rotatable bonds is 4. The highest BCUT2D eigenvalue weighted by atomic mass is 16.5. The molecule has 3 aromatic rings. The summed E-state index contributed by atoms with van der Waals surface area (Å²) in [6.45, 7) is 0. The molecule has 0 unspecified atom stereocenters. The van der Waals surface area contributed by atoms with E-state index in [0.717, 1.165) is 0 Å². The number of aromatic amines is 1. The molecule has 2 aromatic carbocycles. The molecule has 0 saturated carbocycles. The molecular weight excluding hydrogens is 324 g/mol. The lowest BCUT2D eigenvalue weighted by atomic mass is 10.1. The fraction of sp³-hybridized carbons (Fsp3) is 0.111. The van der Waals surface area contributed by atoms with Crippen molar-refractivity contribution in [2.24, 2.45) is 0 Å². The molecule has 3 N–H and O–H groups in total. The number of amides is 1. The number of pyridine rings is 1. The number of benzene rings is 2. The first kappa shape index (κ1) is 16.4. The number of nitrogens with one attached hydrogen (secondary N) is 2. The second-order valence-corrected chi connectivity index (χ2v) is 5.28. The Balaban J connectivity index is 2.05. The summed E-state index contributed by atoms with van der Waals surface area (Å²) in [6.07, 6.45) is 1.35. The molecule has 7 heteroatoms. The third kappa shape index (κ3) is 3.12. The Morgan fingerprint density at radius 3 is 2.48 bits per heavy atom. The summed E-state index contributed by atoms with van der Waals surface area (Å²) in [5.74, 6) is 0.364. The van der Waals surface area contributed by atoms with Crippen LogP contribution in [-0.2, 0) is 0 Å². The standard InChI is InChI=1S/C18H16N2O5/c1-24-12-7-14-16(15(8-12)25-2)17(22)13(9-19-14)18(23)20-10-3-5-11(21)6-4-10/h3-9,21H,1-2H3,(H,19,22)(H,20,23). The smallest absolute Gasteiger partial charge is 0.261 e. The van der Waals surface area contributed by atoms with E-state index in [0.29, 0.717) is 22.7 Å². The van der Waals surface area contributed by atoms with Gasteiger partial charge in [-0.3, -0.25) is 9.59 Å². The highest BCUT2D eigenvalue weighted by Crippen LogP contribution is 2.28. The van der Waals surface area contributed by atoms with Gasteiger partial charge in [-0.1, -0.05) is 0 Å². The first-order valence-electron chi connectivity index (χ1n) is 7.41. The van der Waals surface area contributed by atoms with Crippen LogP contribution in [0.5, 0.6) is 17.2 Å². The van der Waals surface area contributed by atoms with Crippen LogP contribution in [0.3, 0.4) is 0 Å². The summed E-state index contributed by atoms with van der Waals surface area (Å²) < 4.78 is 10.4. The number of fused-ring (bicyclic) bond motifs is 1. The summed E-state index contributed by atoms with van der Waals surface area (Å²) in [7, 11) is 2.95. The number of aromatic nitrogens is 1. The monoisotopic (exact) mass is 340 g/mol. The Kier molecular flexibility index (Phi) is 4.30. The van der Waals surface area contributed by atoms with Crippen LogP contribution in [0.15, 0.2) is 47.4 Å². The molecule has 3 rings (SSSR count). The van der Waals surface area contributed by atoms with Crippen LogP contribution in [0.4, 0.5) is 5.69 Å². The molecule has 128 valence electrons. The first-order chi connectivity index (χ1) is 12.0. The molecule has 0 bridgehead atoms. The van der Waals surface area contributed by atoms with Gasteiger partial charge in [-0.2, -0.15) is 0 Å². The van der Waals surface area contributed by atoms with Gasteiger partial charge in [0, 0.05) is 24.0 Å². The molecule has 0 aliphatic heterocycles. The van der Waals surface area contributed by atoms with Crippen molar-refractivity contribution in [3.8, 4) is 17.2 Å². The molecule has 1 heterocycles. The summed E-state index contributed by atoms with van der Waals surface area (Å²) in [5.41, 5.74) is 0.458. The van der Waals surface area contributed by atoms with Gasteiger partial charge in [-0.25, -0.2) is 0 Å². The Morgan fingerprint density at radius 1 is 1.12 bits per heavy atom. The predicted molar refractivity (Wildman–Crippen MR) is 93.7 cm³/mol. The van der Waals surface area contributed by atoms with Crippen LogP contribution < -0.4 is 20.2 Å². The molecule has 0 aliphatic carbocycles. The van der Waals surface area contributed by atoms with Gasteiger partial charge in [0.25, 0.3) is 5.91 Å². The van der Waals surface area contributed by atoms with Crippen molar-refractivity contribution in [1.29, 1.82) is 0 Å². The van der Waals surface area contributed by atoms with E-state index in [1.165, 1.54) is 44.7 Å². The van der Waals surface area contributed by atoms with E-state index >= 15 is 0 Å². The van der Waals surface area contributed by atoms with E-state index in [-0.39, 0.29) is 16.7 Å². The third-order valence-electron chi connectivity index (χ3n) is 3.74. The lowest BCUT2D eigenvalue weighted by Gasteiger charge is -2.10.